The molecule has 2 aromatic carbocycles. The number of fused-ring (bicyclic) bond motifs is 1. The van der Waals surface area contributed by atoms with Crippen LogP contribution in [-0.2, 0) is 12.6 Å². The Bertz CT molecular complexity index is 736. The van der Waals surface area contributed by atoms with Crippen molar-refractivity contribution in [2.75, 3.05) is 18.0 Å². The molecule has 0 N–H and O–H groups in total. The molecule has 1 heterocycles. The Hall–Kier alpha value is -2.41. The number of anilines is 1. The number of hydrogen-bond donors (Lipinski definition) is 0. The van der Waals surface area contributed by atoms with E-state index in [4.69, 9.17) is 0 Å². The quantitative estimate of drug-likeness (QED) is 0.700. The molecule has 4 heteroatoms. The minimum absolute atomic E-state index is 0.581. The van der Waals surface area contributed by atoms with Crippen molar-refractivity contribution < 1.29 is 13.2 Å². The minimum atomic E-state index is -4.30. The summed E-state index contributed by atoms with van der Waals surface area (Å²) in [5.74, 6) is 6.01. The largest absolute Gasteiger partial charge is 0.416 e. The van der Waals surface area contributed by atoms with Gasteiger partial charge in [-0.3, -0.25) is 0 Å². The number of rotatable bonds is 1. The molecule has 0 atom stereocenters. The second-order valence-corrected chi connectivity index (χ2v) is 5.53. The van der Waals surface area contributed by atoms with Crippen molar-refractivity contribution in [3.63, 3.8) is 0 Å². The van der Waals surface area contributed by atoms with Gasteiger partial charge in [-0.25, -0.2) is 0 Å². The maximum Gasteiger partial charge on any atom is 0.416 e. The maximum atomic E-state index is 12.5. The second kappa shape index (κ2) is 6.37. The molecule has 0 spiro atoms. The first-order valence-corrected chi connectivity index (χ1v) is 7.53. The first-order valence-electron chi connectivity index (χ1n) is 7.53. The van der Waals surface area contributed by atoms with Crippen LogP contribution in [0.4, 0.5) is 18.9 Å². The summed E-state index contributed by atoms with van der Waals surface area (Å²) in [7, 11) is 0. The lowest BCUT2D eigenvalue weighted by molar-refractivity contribution is -0.137. The van der Waals surface area contributed by atoms with E-state index in [0.29, 0.717) is 12.1 Å². The highest BCUT2D eigenvalue weighted by Gasteiger charge is 2.29. The van der Waals surface area contributed by atoms with E-state index in [1.807, 2.05) is 12.1 Å². The van der Waals surface area contributed by atoms with Crippen molar-refractivity contribution >= 4 is 5.69 Å². The molecule has 1 aliphatic rings. The molecule has 1 nitrogen and oxygen atoms in total. The van der Waals surface area contributed by atoms with Gasteiger partial charge in [-0.05, 0) is 48.7 Å². The predicted molar refractivity (Wildman–Crippen MR) is 85.3 cm³/mol. The van der Waals surface area contributed by atoms with Crippen LogP contribution >= 0.6 is 0 Å². The van der Waals surface area contributed by atoms with Crippen LogP contribution < -0.4 is 4.90 Å². The van der Waals surface area contributed by atoms with Gasteiger partial charge in [0.2, 0.25) is 0 Å². The summed E-state index contributed by atoms with van der Waals surface area (Å²) in [6.45, 7) is 1.54. The summed E-state index contributed by atoms with van der Waals surface area (Å²) < 4.78 is 37.5. The van der Waals surface area contributed by atoms with E-state index in [-0.39, 0.29) is 0 Å². The fourth-order valence-electron chi connectivity index (χ4n) is 2.76. The molecule has 0 aliphatic carbocycles. The molecule has 3 rings (SSSR count). The van der Waals surface area contributed by atoms with Crippen molar-refractivity contribution in [3.05, 3.63) is 65.2 Å². The second-order valence-electron chi connectivity index (χ2n) is 5.53. The van der Waals surface area contributed by atoms with Crippen LogP contribution in [0, 0.1) is 11.8 Å². The lowest BCUT2D eigenvalue weighted by Crippen LogP contribution is -2.29. The SMILES string of the molecule is FC(F)(F)c1ccc(C#CCN2CCCc3ccccc32)cc1. The Labute approximate surface area is 133 Å². The highest BCUT2D eigenvalue weighted by Crippen LogP contribution is 2.29. The van der Waals surface area contributed by atoms with Crippen LogP contribution in [0.5, 0.6) is 0 Å². The number of nitrogens with zero attached hydrogens (tertiary/aromatic N) is 1. The Morgan fingerprint density at radius 3 is 2.48 bits per heavy atom. The minimum Gasteiger partial charge on any atom is -0.360 e. The van der Waals surface area contributed by atoms with Gasteiger partial charge in [-0.1, -0.05) is 30.0 Å². The van der Waals surface area contributed by atoms with Gasteiger partial charge in [0.05, 0.1) is 12.1 Å². The molecule has 0 saturated heterocycles. The molecule has 0 fully saturated rings. The normalized spacial score (nSPS) is 14.0. The van der Waals surface area contributed by atoms with Crippen molar-refractivity contribution in [2.24, 2.45) is 0 Å². The Balaban J connectivity index is 1.69. The third-order valence-corrected chi connectivity index (χ3v) is 3.92. The number of aryl methyl sites for hydroxylation is 1. The molecule has 0 radical (unpaired) electrons. The first kappa shape index (κ1) is 15.5. The highest BCUT2D eigenvalue weighted by atomic mass is 19.4. The molecule has 2 aromatic rings. The average molecular weight is 315 g/mol. The third kappa shape index (κ3) is 3.68. The lowest BCUT2D eigenvalue weighted by Gasteiger charge is -2.29. The molecule has 0 saturated carbocycles. The third-order valence-electron chi connectivity index (χ3n) is 3.92. The summed E-state index contributed by atoms with van der Waals surface area (Å²) >= 11 is 0. The summed E-state index contributed by atoms with van der Waals surface area (Å²) in [6, 6.07) is 13.2. The molecule has 1 aliphatic heterocycles. The summed E-state index contributed by atoms with van der Waals surface area (Å²) in [4.78, 5) is 2.22. The number of halogens is 3. The van der Waals surface area contributed by atoms with Crippen molar-refractivity contribution in [1.29, 1.82) is 0 Å². The average Bonchev–Trinajstić information content (AvgIpc) is 2.55. The van der Waals surface area contributed by atoms with Gasteiger partial charge in [-0.2, -0.15) is 13.2 Å². The maximum absolute atomic E-state index is 12.5. The first-order chi connectivity index (χ1) is 11.0. The molecular formula is C19H16F3N. The fraction of sp³-hybridized carbons (Fsp3) is 0.263. The van der Waals surface area contributed by atoms with Crippen molar-refractivity contribution in [2.45, 2.75) is 19.0 Å². The summed E-state index contributed by atoms with van der Waals surface area (Å²) in [5.41, 5.74) is 2.49. The van der Waals surface area contributed by atoms with E-state index in [0.717, 1.165) is 31.5 Å². The molecule has 0 aromatic heterocycles. The number of alkyl halides is 3. The highest BCUT2D eigenvalue weighted by molar-refractivity contribution is 5.56. The van der Waals surface area contributed by atoms with Crippen LogP contribution in [0.15, 0.2) is 48.5 Å². The van der Waals surface area contributed by atoms with Gasteiger partial charge < -0.3 is 4.90 Å². The molecule has 118 valence electrons. The standard InChI is InChI=1S/C19H16F3N/c20-19(21,22)17-11-9-15(10-12-17)5-3-13-23-14-4-7-16-6-1-2-8-18(16)23/h1-2,6,8-12H,4,7,13-14H2. The van der Waals surface area contributed by atoms with Crippen LogP contribution in [-0.4, -0.2) is 13.1 Å². The van der Waals surface area contributed by atoms with Crippen LogP contribution in [0.1, 0.15) is 23.1 Å². The number of hydrogen-bond acceptors (Lipinski definition) is 1. The zero-order valence-electron chi connectivity index (χ0n) is 12.5. The fourth-order valence-corrected chi connectivity index (χ4v) is 2.76. The lowest BCUT2D eigenvalue weighted by atomic mass is 10.0. The van der Waals surface area contributed by atoms with E-state index < -0.39 is 11.7 Å². The molecule has 0 bridgehead atoms. The van der Waals surface area contributed by atoms with E-state index in [9.17, 15) is 13.2 Å². The van der Waals surface area contributed by atoms with Gasteiger partial charge in [0.15, 0.2) is 0 Å². The van der Waals surface area contributed by atoms with E-state index in [1.165, 1.54) is 23.4 Å². The van der Waals surface area contributed by atoms with Crippen molar-refractivity contribution in [3.8, 4) is 11.8 Å². The van der Waals surface area contributed by atoms with Gasteiger partial charge in [-0.15, -0.1) is 0 Å². The van der Waals surface area contributed by atoms with Gasteiger partial charge >= 0.3 is 6.18 Å². The molecule has 23 heavy (non-hydrogen) atoms. The Morgan fingerprint density at radius 2 is 1.74 bits per heavy atom. The van der Waals surface area contributed by atoms with Crippen LogP contribution in [0.2, 0.25) is 0 Å². The van der Waals surface area contributed by atoms with Gasteiger partial charge in [0, 0.05) is 17.8 Å². The predicted octanol–water partition coefficient (Wildman–Crippen LogP) is 4.51. The van der Waals surface area contributed by atoms with Crippen molar-refractivity contribution in [1.82, 2.24) is 0 Å². The summed E-state index contributed by atoms with van der Waals surface area (Å²) in [5, 5.41) is 0. The zero-order chi connectivity index (χ0) is 16.3. The van der Waals surface area contributed by atoms with E-state index in [2.05, 4.69) is 28.9 Å². The van der Waals surface area contributed by atoms with E-state index in [1.54, 1.807) is 0 Å². The topological polar surface area (TPSA) is 3.24 Å². The van der Waals surface area contributed by atoms with Crippen LogP contribution in [0.25, 0.3) is 0 Å². The zero-order valence-corrected chi connectivity index (χ0v) is 12.5. The van der Waals surface area contributed by atoms with E-state index >= 15 is 0 Å². The van der Waals surface area contributed by atoms with Gasteiger partial charge in [0.25, 0.3) is 0 Å². The summed E-state index contributed by atoms with van der Waals surface area (Å²) in [6.07, 6.45) is -2.12. The van der Waals surface area contributed by atoms with Crippen LogP contribution in [0.3, 0.4) is 0 Å². The number of para-hydroxylation sites is 1. The molecular weight excluding hydrogens is 299 g/mol. The Kier molecular flexibility index (Phi) is 4.29. The smallest absolute Gasteiger partial charge is 0.360 e. The molecule has 0 unspecified atom stereocenters. The number of benzene rings is 2. The Morgan fingerprint density at radius 1 is 1.00 bits per heavy atom. The molecule has 0 amide bonds. The van der Waals surface area contributed by atoms with Gasteiger partial charge in [0.1, 0.15) is 0 Å². The monoisotopic (exact) mass is 315 g/mol.